The molecule has 2 aromatic heterocycles. The van der Waals surface area contributed by atoms with Gasteiger partial charge < -0.3 is 4.57 Å². The molecule has 0 unspecified atom stereocenters. The Labute approximate surface area is 162 Å². The number of halogens is 1. The van der Waals surface area contributed by atoms with Gasteiger partial charge in [0.15, 0.2) is 0 Å². The second-order valence-corrected chi connectivity index (χ2v) is 11.2. The molecule has 0 aliphatic carbocycles. The van der Waals surface area contributed by atoms with E-state index in [9.17, 15) is 16.8 Å². The zero-order valence-corrected chi connectivity index (χ0v) is 17.0. The Kier molecular flexibility index (Phi) is 5.12. The number of primary sulfonamides is 1. The lowest BCUT2D eigenvalue weighted by molar-refractivity contribution is 0.596. The SMILES string of the molecule is C=CCn1/c(=N/S(=O)(=O)c2ccc(Cl)s2)sc2cc(S(N)(=O)=O)ccc21. The Hall–Kier alpha value is -1.50. The number of hydrogen-bond acceptors (Lipinski definition) is 6. The molecule has 26 heavy (non-hydrogen) atoms. The van der Waals surface area contributed by atoms with Crippen LogP contribution in [0.15, 0.2) is 56.5 Å². The normalized spacial score (nSPS) is 13.4. The zero-order valence-electron chi connectivity index (χ0n) is 13.0. The fourth-order valence-corrected chi connectivity index (χ4v) is 6.55. The van der Waals surface area contributed by atoms with E-state index in [0.29, 0.717) is 21.1 Å². The number of allylic oxidation sites excluding steroid dienone is 1. The van der Waals surface area contributed by atoms with E-state index in [0.717, 1.165) is 22.7 Å². The van der Waals surface area contributed by atoms with Crippen molar-refractivity contribution in [1.29, 1.82) is 0 Å². The van der Waals surface area contributed by atoms with Crippen LogP contribution < -0.4 is 9.94 Å². The Morgan fingerprint density at radius 1 is 1.19 bits per heavy atom. The van der Waals surface area contributed by atoms with E-state index >= 15 is 0 Å². The first-order chi connectivity index (χ1) is 12.1. The minimum Gasteiger partial charge on any atom is -0.312 e. The van der Waals surface area contributed by atoms with Crippen LogP contribution in [0.3, 0.4) is 0 Å². The minimum atomic E-state index is -3.95. The largest absolute Gasteiger partial charge is 0.312 e. The Morgan fingerprint density at radius 2 is 1.92 bits per heavy atom. The van der Waals surface area contributed by atoms with Crippen molar-refractivity contribution >= 4 is 64.5 Å². The van der Waals surface area contributed by atoms with Crippen molar-refractivity contribution in [2.45, 2.75) is 15.6 Å². The van der Waals surface area contributed by atoms with Crippen LogP contribution in [0.4, 0.5) is 0 Å². The van der Waals surface area contributed by atoms with E-state index in [2.05, 4.69) is 11.0 Å². The van der Waals surface area contributed by atoms with Crippen molar-refractivity contribution in [3.8, 4) is 0 Å². The van der Waals surface area contributed by atoms with Gasteiger partial charge in [0.05, 0.1) is 19.4 Å². The molecule has 138 valence electrons. The first-order valence-electron chi connectivity index (χ1n) is 6.95. The topological polar surface area (TPSA) is 112 Å². The van der Waals surface area contributed by atoms with Gasteiger partial charge in [-0.3, -0.25) is 0 Å². The van der Waals surface area contributed by atoms with Gasteiger partial charge in [0.2, 0.25) is 14.8 Å². The number of sulfonamides is 2. The van der Waals surface area contributed by atoms with Gasteiger partial charge in [0.25, 0.3) is 10.0 Å². The van der Waals surface area contributed by atoms with Crippen LogP contribution in [0.2, 0.25) is 4.34 Å². The highest BCUT2D eigenvalue weighted by Gasteiger charge is 2.18. The zero-order chi connectivity index (χ0) is 19.1. The van der Waals surface area contributed by atoms with E-state index in [4.69, 9.17) is 16.7 Å². The maximum Gasteiger partial charge on any atom is 0.294 e. The van der Waals surface area contributed by atoms with Gasteiger partial charge in [0, 0.05) is 6.54 Å². The van der Waals surface area contributed by atoms with Crippen LogP contribution in [-0.4, -0.2) is 21.4 Å². The molecule has 0 fully saturated rings. The summed E-state index contributed by atoms with van der Waals surface area (Å²) >= 11 is 7.76. The molecule has 3 rings (SSSR count). The summed E-state index contributed by atoms with van der Waals surface area (Å²) < 4.78 is 54.5. The molecule has 0 amide bonds. The lowest BCUT2D eigenvalue weighted by atomic mass is 10.3. The Bertz CT molecular complexity index is 1280. The molecule has 7 nitrogen and oxygen atoms in total. The number of hydrogen-bond donors (Lipinski definition) is 1. The number of aromatic nitrogens is 1. The fourth-order valence-electron chi connectivity index (χ4n) is 2.19. The molecular weight excluding hydrogens is 438 g/mol. The Morgan fingerprint density at radius 3 is 2.50 bits per heavy atom. The minimum absolute atomic E-state index is 0.0235. The van der Waals surface area contributed by atoms with Gasteiger partial charge in [-0.05, 0) is 30.3 Å². The van der Waals surface area contributed by atoms with Gasteiger partial charge in [-0.2, -0.15) is 8.42 Å². The second-order valence-electron chi connectivity index (χ2n) is 5.08. The van der Waals surface area contributed by atoms with Crippen LogP contribution in [-0.2, 0) is 26.6 Å². The third kappa shape index (κ3) is 3.77. The number of fused-ring (bicyclic) bond motifs is 1. The smallest absolute Gasteiger partial charge is 0.294 e. The van der Waals surface area contributed by atoms with E-state index in [1.54, 1.807) is 16.7 Å². The average molecular weight is 450 g/mol. The highest BCUT2D eigenvalue weighted by atomic mass is 35.5. The molecule has 3 aromatic rings. The fraction of sp³-hybridized carbons (Fsp3) is 0.0714. The third-order valence-electron chi connectivity index (χ3n) is 3.30. The molecule has 0 bridgehead atoms. The maximum atomic E-state index is 12.5. The first kappa shape index (κ1) is 19.3. The molecular formula is C14H12ClN3O4S4. The monoisotopic (exact) mass is 449 g/mol. The number of nitrogens with two attached hydrogens (primary N) is 1. The standard InChI is InChI=1S/C14H12ClN3O4S4/c1-2-7-18-10-4-3-9(25(16,19)20)8-11(10)23-14(18)17-26(21,22)13-6-5-12(15)24-13/h2-6,8H,1,7H2,(H2,16,19,20)/b17-14-. The second kappa shape index (κ2) is 6.91. The predicted molar refractivity (Wildman–Crippen MR) is 103 cm³/mol. The molecule has 0 saturated carbocycles. The number of rotatable bonds is 5. The van der Waals surface area contributed by atoms with Crippen LogP contribution in [0.1, 0.15) is 0 Å². The van der Waals surface area contributed by atoms with Gasteiger partial charge in [-0.15, -0.1) is 22.3 Å². The van der Waals surface area contributed by atoms with E-state index in [1.807, 2.05) is 0 Å². The molecule has 2 heterocycles. The molecule has 12 heteroatoms. The summed E-state index contributed by atoms with van der Waals surface area (Å²) in [5, 5.41) is 5.15. The van der Waals surface area contributed by atoms with Crippen molar-refractivity contribution in [1.82, 2.24) is 4.57 Å². The van der Waals surface area contributed by atoms with Gasteiger partial charge in [0.1, 0.15) is 4.21 Å². The summed E-state index contributed by atoms with van der Waals surface area (Å²) in [5.74, 6) is 0. The summed E-state index contributed by atoms with van der Waals surface area (Å²) in [5.41, 5.74) is 0.625. The van der Waals surface area contributed by atoms with Crippen molar-refractivity contribution in [3.63, 3.8) is 0 Å². The van der Waals surface area contributed by atoms with Crippen LogP contribution in [0, 0.1) is 0 Å². The van der Waals surface area contributed by atoms with Crippen molar-refractivity contribution < 1.29 is 16.8 Å². The molecule has 0 saturated heterocycles. The number of thiophene rings is 1. The van der Waals surface area contributed by atoms with E-state index < -0.39 is 20.0 Å². The lowest BCUT2D eigenvalue weighted by Crippen LogP contribution is -2.16. The van der Waals surface area contributed by atoms with E-state index in [-0.39, 0.29) is 13.9 Å². The number of benzene rings is 1. The van der Waals surface area contributed by atoms with Gasteiger partial charge >= 0.3 is 0 Å². The van der Waals surface area contributed by atoms with Crippen molar-refractivity contribution in [2.75, 3.05) is 0 Å². The molecule has 0 spiro atoms. The Balaban J connectivity index is 2.27. The third-order valence-corrected chi connectivity index (χ3v) is 8.33. The summed E-state index contributed by atoms with van der Waals surface area (Å²) in [7, 11) is -7.82. The molecule has 0 radical (unpaired) electrons. The summed E-state index contributed by atoms with van der Waals surface area (Å²) in [6.45, 7) is 3.96. The quantitative estimate of drug-likeness (QED) is 0.603. The predicted octanol–water partition coefficient (Wildman–Crippen LogP) is 2.54. The van der Waals surface area contributed by atoms with Gasteiger partial charge in [-0.25, -0.2) is 13.6 Å². The van der Waals surface area contributed by atoms with Crippen LogP contribution >= 0.6 is 34.3 Å². The summed E-state index contributed by atoms with van der Waals surface area (Å²) in [4.78, 5) is 0.132. The lowest BCUT2D eigenvalue weighted by Gasteiger charge is -2.02. The van der Waals surface area contributed by atoms with Gasteiger partial charge in [-0.1, -0.05) is 29.0 Å². The first-order valence-corrected chi connectivity index (χ1v) is 11.9. The summed E-state index contributed by atoms with van der Waals surface area (Å²) in [6, 6.07) is 7.18. The summed E-state index contributed by atoms with van der Waals surface area (Å²) in [6.07, 6.45) is 1.59. The number of thiazole rings is 1. The van der Waals surface area contributed by atoms with E-state index in [1.165, 1.54) is 24.3 Å². The maximum absolute atomic E-state index is 12.5. The molecule has 0 aliphatic rings. The van der Waals surface area contributed by atoms with Crippen LogP contribution in [0.5, 0.6) is 0 Å². The highest BCUT2D eigenvalue weighted by molar-refractivity contribution is 7.92. The molecule has 1 aromatic carbocycles. The number of nitrogens with zero attached hydrogens (tertiary/aromatic N) is 2. The van der Waals surface area contributed by atoms with Crippen molar-refractivity contribution in [2.24, 2.45) is 9.54 Å². The van der Waals surface area contributed by atoms with Crippen molar-refractivity contribution in [3.05, 3.63) is 52.1 Å². The molecule has 0 aliphatic heterocycles. The highest BCUT2D eigenvalue weighted by Crippen LogP contribution is 2.27. The average Bonchev–Trinajstić information content (AvgIpc) is 3.11. The van der Waals surface area contributed by atoms with Crippen LogP contribution in [0.25, 0.3) is 10.2 Å². The molecule has 2 N–H and O–H groups in total. The molecule has 0 atom stereocenters.